The summed E-state index contributed by atoms with van der Waals surface area (Å²) in [5, 5.41) is 18.2. The summed E-state index contributed by atoms with van der Waals surface area (Å²) in [5.41, 5.74) is 5.30. The van der Waals surface area contributed by atoms with Crippen LogP contribution in [0.15, 0.2) is 11.0 Å². The molecule has 0 aliphatic carbocycles. The van der Waals surface area contributed by atoms with Crippen molar-refractivity contribution in [2.75, 3.05) is 5.73 Å². The zero-order valence-electron chi connectivity index (χ0n) is 6.35. The van der Waals surface area contributed by atoms with Gasteiger partial charge in [-0.25, -0.2) is 0 Å². The van der Waals surface area contributed by atoms with Gasteiger partial charge in [-0.15, -0.1) is 5.10 Å². The molecule has 3 N–H and O–H groups in total. The van der Waals surface area contributed by atoms with E-state index in [0.29, 0.717) is 0 Å². The third-order valence-electron chi connectivity index (χ3n) is 1.59. The van der Waals surface area contributed by atoms with Gasteiger partial charge in [0.15, 0.2) is 5.65 Å². The maximum Gasteiger partial charge on any atom is 0.291 e. The smallest absolute Gasteiger partial charge is 0.291 e. The van der Waals surface area contributed by atoms with E-state index in [0.717, 1.165) is 10.7 Å². The lowest BCUT2D eigenvalue weighted by Gasteiger charge is -1.86. The van der Waals surface area contributed by atoms with Crippen molar-refractivity contribution in [1.29, 1.82) is 5.26 Å². The molecule has 2 heterocycles. The summed E-state index contributed by atoms with van der Waals surface area (Å²) in [5.74, 6) is 0.111. The van der Waals surface area contributed by atoms with Gasteiger partial charge in [0, 0.05) is 0 Å². The number of nitrogens with zero attached hydrogens (tertiary/aromatic N) is 4. The van der Waals surface area contributed by atoms with E-state index in [1.165, 1.54) is 0 Å². The Morgan fingerprint density at radius 1 is 1.69 bits per heavy atom. The fourth-order valence-corrected chi connectivity index (χ4v) is 1.02. The first-order valence-electron chi connectivity index (χ1n) is 3.36. The van der Waals surface area contributed by atoms with Crippen LogP contribution >= 0.6 is 0 Å². The topological polar surface area (TPSA) is 113 Å². The van der Waals surface area contributed by atoms with E-state index < -0.39 is 5.56 Å². The minimum Gasteiger partial charge on any atom is -0.383 e. The van der Waals surface area contributed by atoms with E-state index in [-0.39, 0.29) is 17.0 Å². The first-order chi connectivity index (χ1) is 6.24. The molecule has 0 unspecified atom stereocenters. The van der Waals surface area contributed by atoms with Gasteiger partial charge >= 0.3 is 0 Å². The fourth-order valence-electron chi connectivity index (χ4n) is 1.02. The van der Waals surface area contributed by atoms with Crippen LogP contribution in [0.1, 0.15) is 5.56 Å². The second-order valence-corrected chi connectivity index (χ2v) is 2.35. The molecule has 0 fully saturated rings. The van der Waals surface area contributed by atoms with Crippen LogP contribution in [0.2, 0.25) is 0 Å². The Morgan fingerprint density at radius 3 is 3.15 bits per heavy atom. The van der Waals surface area contributed by atoms with Crippen molar-refractivity contribution in [3.63, 3.8) is 0 Å². The predicted octanol–water partition coefficient (Wildman–Crippen LogP) is -1.13. The Kier molecular flexibility index (Phi) is 1.30. The third kappa shape index (κ3) is 0.856. The van der Waals surface area contributed by atoms with Gasteiger partial charge in [0.1, 0.15) is 23.6 Å². The lowest BCUT2D eigenvalue weighted by molar-refractivity contribution is 0.855. The molecule has 2 rings (SSSR count). The highest BCUT2D eigenvalue weighted by Gasteiger charge is 2.10. The second kappa shape index (κ2) is 2.31. The Bertz CT molecular complexity index is 558. The van der Waals surface area contributed by atoms with Crippen LogP contribution in [0.5, 0.6) is 0 Å². The van der Waals surface area contributed by atoms with Crippen molar-refractivity contribution in [3.05, 3.63) is 22.1 Å². The summed E-state index contributed by atoms with van der Waals surface area (Å²) < 4.78 is 1.07. The maximum atomic E-state index is 11.1. The normalized spacial score (nSPS) is 10.1. The molecular formula is C6H4N6O. The Balaban J connectivity index is 3.05. The van der Waals surface area contributed by atoms with Crippen molar-refractivity contribution >= 4 is 11.5 Å². The molecule has 2 aromatic heterocycles. The highest BCUT2D eigenvalue weighted by atomic mass is 16.1. The number of rotatable bonds is 0. The number of nitrogens with one attached hydrogen (secondary N) is 1. The molecule has 0 aromatic carbocycles. The number of fused-ring (bicyclic) bond motifs is 1. The molecule has 0 aliphatic heterocycles. The number of hydrogen-bond donors (Lipinski definition) is 2. The molecule has 0 spiro atoms. The molecule has 0 radical (unpaired) electrons. The number of anilines is 1. The number of aromatic nitrogens is 4. The van der Waals surface area contributed by atoms with E-state index in [9.17, 15) is 4.79 Å². The van der Waals surface area contributed by atoms with Crippen molar-refractivity contribution < 1.29 is 0 Å². The summed E-state index contributed by atoms with van der Waals surface area (Å²) in [6, 6.07) is 1.83. The molecule has 0 saturated heterocycles. The van der Waals surface area contributed by atoms with Gasteiger partial charge in [-0.2, -0.15) is 14.9 Å². The summed E-state index contributed by atoms with van der Waals surface area (Å²) in [4.78, 5) is 11.1. The fraction of sp³-hybridized carbons (Fsp3) is 0. The number of nitrogen functional groups attached to an aromatic ring is 1. The first kappa shape index (κ1) is 7.30. The van der Waals surface area contributed by atoms with Gasteiger partial charge in [-0.05, 0) is 0 Å². The summed E-state index contributed by atoms with van der Waals surface area (Å²) >= 11 is 0. The average molecular weight is 176 g/mol. The number of H-pyrrole nitrogens is 1. The van der Waals surface area contributed by atoms with Crippen molar-refractivity contribution in [2.45, 2.75) is 0 Å². The van der Waals surface area contributed by atoms with E-state index in [1.807, 2.05) is 6.07 Å². The highest BCUT2D eigenvalue weighted by molar-refractivity contribution is 5.64. The van der Waals surface area contributed by atoms with Gasteiger partial charge in [0.25, 0.3) is 5.56 Å². The first-order valence-corrected chi connectivity index (χ1v) is 3.36. The maximum absolute atomic E-state index is 11.1. The van der Waals surface area contributed by atoms with Gasteiger partial charge in [0.05, 0.1) is 0 Å². The molecule has 0 saturated carbocycles. The number of nitrogens with two attached hydrogens (primary N) is 1. The van der Waals surface area contributed by atoms with Crippen LogP contribution in [-0.4, -0.2) is 19.8 Å². The second-order valence-electron chi connectivity index (χ2n) is 2.35. The average Bonchev–Trinajstić information content (AvgIpc) is 2.43. The molecule has 0 aliphatic rings. The summed E-state index contributed by atoms with van der Waals surface area (Å²) in [6.45, 7) is 0. The Morgan fingerprint density at radius 2 is 2.46 bits per heavy atom. The van der Waals surface area contributed by atoms with Crippen LogP contribution < -0.4 is 11.3 Å². The van der Waals surface area contributed by atoms with E-state index in [1.54, 1.807) is 0 Å². The minimum absolute atomic E-state index is 0.111. The van der Waals surface area contributed by atoms with Crippen molar-refractivity contribution in [3.8, 4) is 6.07 Å². The van der Waals surface area contributed by atoms with E-state index >= 15 is 0 Å². The van der Waals surface area contributed by atoms with Gasteiger partial charge in [-0.1, -0.05) is 0 Å². The molecule has 0 bridgehead atoms. The summed E-state index contributed by atoms with van der Waals surface area (Å²) in [6.07, 6.45) is 1.03. The number of hydrogen-bond acceptors (Lipinski definition) is 5. The van der Waals surface area contributed by atoms with Crippen LogP contribution in [0, 0.1) is 11.3 Å². The van der Waals surface area contributed by atoms with Gasteiger partial charge in [0.2, 0.25) is 0 Å². The monoisotopic (exact) mass is 176 g/mol. The zero-order chi connectivity index (χ0) is 9.42. The molecule has 7 heteroatoms. The molecular weight excluding hydrogens is 172 g/mol. The molecule has 64 valence electrons. The zero-order valence-corrected chi connectivity index (χ0v) is 6.35. The largest absolute Gasteiger partial charge is 0.383 e. The third-order valence-corrected chi connectivity index (χ3v) is 1.59. The van der Waals surface area contributed by atoms with Crippen LogP contribution in [0.4, 0.5) is 5.82 Å². The summed E-state index contributed by atoms with van der Waals surface area (Å²) in [7, 11) is 0. The lowest BCUT2D eigenvalue weighted by atomic mass is 10.3. The van der Waals surface area contributed by atoms with Crippen molar-refractivity contribution in [2.24, 2.45) is 0 Å². The predicted molar refractivity (Wildman–Crippen MR) is 42.7 cm³/mol. The Labute approximate surface area is 71.4 Å². The van der Waals surface area contributed by atoms with Gasteiger partial charge < -0.3 is 5.73 Å². The molecule has 7 nitrogen and oxygen atoms in total. The quantitative estimate of drug-likeness (QED) is 0.527. The number of aromatic amines is 1. The lowest BCUT2D eigenvalue weighted by Crippen LogP contribution is -2.14. The minimum atomic E-state index is -0.404. The molecule has 13 heavy (non-hydrogen) atoms. The van der Waals surface area contributed by atoms with Crippen LogP contribution in [0.25, 0.3) is 5.65 Å². The van der Waals surface area contributed by atoms with Crippen LogP contribution in [-0.2, 0) is 0 Å². The SMILES string of the molecule is N#Cc1c(N)[nH]n2c(=O)cnnc12. The van der Waals surface area contributed by atoms with Crippen LogP contribution in [0.3, 0.4) is 0 Å². The highest BCUT2D eigenvalue weighted by Crippen LogP contribution is 2.10. The van der Waals surface area contributed by atoms with E-state index in [2.05, 4.69) is 15.3 Å². The van der Waals surface area contributed by atoms with Crippen molar-refractivity contribution in [1.82, 2.24) is 19.8 Å². The molecule has 0 amide bonds. The molecule has 2 aromatic rings. The molecule has 0 atom stereocenters. The standard InChI is InChI=1S/C6H4N6O/c7-1-3-5(8)11-12-4(13)2-9-10-6(3)12/h2,11H,8H2. The van der Waals surface area contributed by atoms with Gasteiger partial charge in [-0.3, -0.25) is 9.89 Å². The Hall–Kier alpha value is -2.36. The number of nitriles is 1. The van der Waals surface area contributed by atoms with E-state index in [4.69, 9.17) is 11.0 Å².